The number of nitrogens with zero attached hydrogens (tertiary/aromatic N) is 2. The largest absolute Gasteiger partial charge is 0.384 e. The summed E-state index contributed by atoms with van der Waals surface area (Å²) in [5, 5.41) is 10.9. The zero-order chi connectivity index (χ0) is 16.3. The zero-order valence-corrected chi connectivity index (χ0v) is 13.5. The van der Waals surface area contributed by atoms with Crippen LogP contribution < -0.4 is 4.90 Å². The second kappa shape index (κ2) is 6.62. The van der Waals surface area contributed by atoms with Gasteiger partial charge in [-0.1, -0.05) is 0 Å². The second-order valence-corrected chi connectivity index (χ2v) is 7.58. The van der Waals surface area contributed by atoms with Crippen molar-refractivity contribution in [2.24, 2.45) is 5.92 Å². The van der Waals surface area contributed by atoms with Gasteiger partial charge in [-0.3, -0.25) is 10.1 Å². The monoisotopic (exact) mass is 328 g/mol. The summed E-state index contributed by atoms with van der Waals surface area (Å²) >= 11 is 0. The van der Waals surface area contributed by atoms with Crippen LogP contribution in [0.3, 0.4) is 0 Å². The van der Waals surface area contributed by atoms with Crippen LogP contribution in [0.25, 0.3) is 0 Å². The highest BCUT2D eigenvalue weighted by Gasteiger charge is 2.26. The molecule has 0 radical (unpaired) electrons. The maximum absolute atomic E-state index is 12.0. The molecular formula is C14H20N2O5S. The fourth-order valence-electron chi connectivity index (χ4n) is 2.83. The Bertz CT molecular complexity index is 657. The van der Waals surface area contributed by atoms with E-state index in [1.54, 1.807) is 7.11 Å². The van der Waals surface area contributed by atoms with Crippen molar-refractivity contribution < 1.29 is 18.1 Å². The molecule has 0 amide bonds. The van der Waals surface area contributed by atoms with Gasteiger partial charge >= 0.3 is 0 Å². The number of hydrogen-bond acceptors (Lipinski definition) is 6. The summed E-state index contributed by atoms with van der Waals surface area (Å²) < 4.78 is 29.2. The van der Waals surface area contributed by atoms with Gasteiger partial charge < -0.3 is 9.64 Å². The molecule has 0 bridgehead atoms. The molecule has 122 valence electrons. The van der Waals surface area contributed by atoms with Crippen molar-refractivity contribution in [1.82, 2.24) is 0 Å². The van der Waals surface area contributed by atoms with Crippen LogP contribution in [-0.4, -0.2) is 46.4 Å². The van der Waals surface area contributed by atoms with Crippen molar-refractivity contribution in [2.75, 3.05) is 38.0 Å². The third kappa shape index (κ3) is 3.75. The van der Waals surface area contributed by atoms with Crippen LogP contribution in [0.15, 0.2) is 23.1 Å². The molecule has 1 unspecified atom stereocenters. The number of nitro benzene ring substituents is 1. The first-order valence-electron chi connectivity index (χ1n) is 7.05. The normalized spacial score (nSPS) is 19.2. The molecule has 1 aliphatic rings. The molecule has 1 aromatic carbocycles. The number of anilines is 1. The highest BCUT2D eigenvalue weighted by atomic mass is 32.2. The van der Waals surface area contributed by atoms with Crippen molar-refractivity contribution in [3.05, 3.63) is 28.3 Å². The van der Waals surface area contributed by atoms with Gasteiger partial charge in [-0.25, -0.2) is 8.42 Å². The van der Waals surface area contributed by atoms with Gasteiger partial charge in [-0.2, -0.15) is 0 Å². The molecule has 1 heterocycles. The van der Waals surface area contributed by atoms with Crippen molar-refractivity contribution >= 4 is 21.2 Å². The standard InChI is InChI=1S/C14H20N2O5S/c1-21-10-11-4-3-7-15(9-11)13-6-5-12(16(17)18)8-14(13)22(2,19)20/h5-6,8,11H,3-4,7,9-10H2,1-2H3. The number of non-ortho nitro benzene ring substituents is 1. The summed E-state index contributed by atoms with van der Waals surface area (Å²) in [5.41, 5.74) is 0.323. The minimum Gasteiger partial charge on any atom is -0.384 e. The number of methoxy groups -OCH3 is 1. The topological polar surface area (TPSA) is 89.8 Å². The van der Waals surface area contributed by atoms with E-state index in [2.05, 4.69) is 0 Å². The van der Waals surface area contributed by atoms with E-state index in [9.17, 15) is 18.5 Å². The first kappa shape index (κ1) is 16.7. The second-order valence-electron chi connectivity index (χ2n) is 5.59. The molecule has 0 saturated carbocycles. The van der Waals surface area contributed by atoms with Gasteiger partial charge in [0, 0.05) is 38.6 Å². The molecule has 0 spiro atoms. The fourth-order valence-corrected chi connectivity index (χ4v) is 3.74. The molecular weight excluding hydrogens is 308 g/mol. The molecule has 2 rings (SSSR count). The fraction of sp³-hybridized carbons (Fsp3) is 0.571. The Balaban J connectivity index is 2.39. The molecule has 8 heteroatoms. The number of ether oxygens (including phenoxy) is 1. The van der Waals surface area contributed by atoms with Crippen LogP contribution in [0, 0.1) is 16.0 Å². The highest BCUT2D eigenvalue weighted by Crippen LogP contribution is 2.32. The Labute approximate surface area is 129 Å². The molecule has 0 aliphatic carbocycles. The Morgan fingerprint density at radius 1 is 1.45 bits per heavy atom. The molecule has 0 aromatic heterocycles. The first-order valence-corrected chi connectivity index (χ1v) is 8.94. The summed E-state index contributed by atoms with van der Waals surface area (Å²) in [7, 11) is -1.90. The van der Waals surface area contributed by atoms with Crippen molar-refractivity contribution in [3.8, 4) is 0 Å². The average Bonchev–Trinajstić information content (AvgIpc) is 2.46. The molecule has 1 aliphatic heterocycles. The van der Waals surface area contributed by atoms with E-state index in [1.807, 2.05) is 4.90 Å². The number of hydrogen-bond donors (Lipinski definition) is 0. The van der Waals surface area contributed by atoms with Gasteiger partial charge in [0.15, 0.2) is 9.84 Å². The van der Waals surface area contributed by atoms with E-state index in [0.29, 0.717) is 24.8 Å². The SMILES string of the molecule is COCC1CCCN(c2ccc([N+](=O)[O-])cc2S(C)(=O)=O)C1. The van der Waals surface area contributed by atoms with Gasteiger partial charge in [0.2, 0.25) is 0 Å². The Kier molecular flexibility index (Phi) is 5.02. The van der Waals surface area contributed by atoms with Gasteiger partial charge in [-0.15, -0.1) is 0 Å². The summed E-state index contributed by atoms with van der Waals surface area (Å²) in [5.74, 6) is 0.335. The third-order valence-corrected chi connectivity index (χ3v) is 4.94. The van der Waals surface area contributed by atoms with E-state index < -0.39 is 14.8 Å². The summed E-state index contributed by atoms with van der Waals surface area (Å²) in [6, 6.07) is 4.03. The predicted molar refractivity (Wildman–Crippen MR) is 83.0 cm³/mol. The molecule has 1 atom stereocenters. The molecule has 1 saturated heterocycles. The van der Waals surface area contributed by atoms with Gasteiger partial charge in [0.05, 0.1) is 22.1 Å². The lowest BCUT2D eigenvalue weighted by Crippen LogP contribution is -2.37. The number of nitro groups is 1. The summed E-state index contributed by atoms with van der Waals surface area (Å²) in [6.07, 6.45) is 3.05. The van der Waals surface area contributed by atoms with Crippen LogP contribution in [0.4, 0.5) is 11.4 Å². The maximum Gasteiger partial charge on any atom is 0.270 e. The Hall–Kier alpha value is -1.67. The molecule has 0 N–H and O–H groups in total. The van der Waals surface area contributed by atoms with E-state index in [1.165, 1.54) is 12.1 Å². The molecule has 7 nitrogen and oxygen atoms in total. The minimum atomic E-state index is -3.55. The molecule has 1 fully saturated rings. The lowest BCUT2D eigenvalue weighted by atomic mass is 9.98. The van der Waals surface area contributed by atoms with Gasteiger partial charge in [0.1, 0.15) is 0 Å². The number of benzene rings is 1. The van der Waals surface area contributed by atoms with E-state index >= 15 is 0 Å². The van der Waals surface area contributed by atoms with Crippen molar-refractivity contribution in [2.45, 2.75) is 17.7 Å². The highest BCUT2D eigenvalue weighted by molar-refractivity contribution is 7.90. The van der Waals surface area contributed by atoms with Gasteiger partial charge in [-0.05, 0) is 24.8 Å². The van der Waals surface area contributed by atoms with E-state index in [4.69, 9.17) is 4.74 Å². The summed E-state index contributed by atoms with van der Waals surface area (Å²) in [4.78, 5) is 12.3. The molecule has 1 aromatic rings. The Morgan fingerprint density at radius 3 is 2.77 bits per heavy atom. The third-order valence-electron chi connectivity index (χ3n) is 3.82. The predicted octanol–water partition coefficient (Wildman–Crippen LogP) is 1.86. The van der Waals surface area contributed by atoms with Crippen LogP contribution in [0.2, 0.25) is 0 Å². The quantitative estimate of drug-likeness (QED) is 0.605. The van der Waals surface area contributed by atoms with Gasteiger partial charge in [0.25, 0.3) is 5.69 Å². The maximum atomic E-state index is 12.0. The smallest absolute Gasteiger partial charge is 0.270 e. The van der Waals surface area contributed by atoms with Crippen LogP contribution >= 0.6 is 0 Å². The first-order chi connectivity index (χ1) is 10.3. The zero-order valence-electron chi connectivity index (χ0n) is 12.7. The minimum absolute atomic E-state index is 0.0137. The lowest BCUT2D eigenvalue weighted by molar-refractivity contribution is -0.385. The van der Waals surface area contributed by atoms with E-state index in [-0.39, 0.29) is 10.6 Å². The number of rotatable bonds is 5. The number of sulfone groups is 1. The summed E-state index contributed by atoms with van der Waals surface area (Å²) in [6.45, 7) is 2.05. The van der Waals surface area contributed by atoms with Crippen molar-refractivity contribution in [1.29, 1.82) is 0 Å². The lowest BCUT2D eigenvalue weighted by Gasteiger charge is -2.35. The average molecular weight is 328 g/mol. The van der Waals surface area contributed by atoms with Crippen LogP contribution in [0.1, 0.15) is 12.8 Å². The Morgan fingerprint density at radius 2 is 2.18 bits per heavy atom. The molecule has 22 heavy (non-hydrogen) atoms. The van der Waals surface area contributed by atoms with Crippen LogP contribution in [0.5, 0.6) is 0 Å². The number of piperidine rings is 1. The van der Waals surface area contributed by atoms with Crippen LogP contribution in [-0.2, 0) is 14.6 Å². The van der Waals surface area contributed by atoms with Crippen molar-refractivity contribution in [3.63, 3.8) is 0 Å². The van der Waals surface area contributed by atoms with E-state index in [0.717, 1.165) is 31.7 Å².